The molecule has 7 fully saturated rings. The lowest BCUT2D eigenvalue weighted by molar-refractivity contribution is 0.360. The number of anilines is 5. The molecule has 145 heavy (non-hydrogen) atoms. The van der Waals surface area contributed by atoms with Crippen molar-refractivity contribution >= 4 is 73.6 Å². The van der Waals surface area contributed by atoms with Gasteiger partial charge in [-0.25, -0.2) is 61.8 Å². The van der Waals surface area contributed by atoms with Gasteiger partial charge in [0.2, 0.25) is 0 Å². The van der Waals surface area contributed by atoms with Crippen LogP contribution in [0.4, 0.5) is 50.4 Å². The maximum atomic E-state index is 14.5. The van der Waals surface area contributed by atoms with Gasteiger partial charge >= 0.3 is 0 Å². The summed E-state index contributed by atoms with van der Waals surface area (Å²) in [6, 6.07) is 40.5. The van der Waals surface area contributed by atoms with Gasteiger partial charge in [-0.15, -0.1) is 0 Å². The molecule has 6 atom stereocenters. The second-order valence-electron chi connectivity index (χ2n) is 38.7. The number of rotatable bonds is 12. The number of hydrogen-bond acceptors (Lipinski definition) is 25. The van der Waals surface area contributed by atoms with Crippen molar-refractivity contribution in [2.75, 3.05) is 171 Å². The highest BCUT2D eigenvalue weighted by Crippen LogP contribution is 2.37. The van der Waals surface area contributed by atoms with Gasteiger partial charge in [-0.05, 0) is 201 Å². The van der Waals surface area contributed by atoms with E-state index in [9.17, 15) is 45.9 Å². The standard InChI is InChI=1S/2C22H23FN6O.C22H23FN4O2.C21H21FN4O2.C20H19FN6O/c1-13-8-27(9-14(2)24-13)17-4-5-20-26-19(7-21(30)29(20)12-17)16-6-18(23)22-25-15(3)10-28(22)11-16;1-15-12-28-13-16(10-18(23)22(28)24-15)19-11-21(30)29-14-17(4-5-20(29)25-19)27-7-3-6-26(2)8-9-27;1-25-9-15-11-26(12-16(15)10-25)17-4-6-21-24-19(8-22(28)27(21)13-17)14-3-5-20(29-2)18(23)7-14;1-28-19-4-2-13(6-17(19)22)18-7-21(27)26-12-16(3-5-20(26)24-18)25-10-14-8-23-9-15(14)11-25;1-13-10-26-11-14(8-16(21)20(26)23-13)17-9-19(28)27-12-15(2-3-18(27)24-17)25-6-4-22-5-7-25/h4-7,10-14,24H,8-9H2,1-3H3;4-5,10-14H,3,6-9H2,1-2H3;3-8,13,15-16H,9-12H2,1-2H3;2-7,12,14-15,23H,8-11H2,1H3;2-3,8-12,22H,4-7H2,1H3/t13-,14+;;15-,16+;14-,15+;. The SMILES string of the molecule is COc1ccc(-c2cc(=O)n3cc(N4C[C@H]5CN(C)C[C@H]5C4)ccc3n2)cc1F.COc1ccc(-c2cc(=O)n3cc(N4C[C@H]5CNC[C@H]5C4)ccc3n2)cc1F.Cc1cn2cc(-c3cc(=O)n4cc(N5CCCN(C)CC5)ccc4n3)cc(F)c2n1.Cc1cn2cc(-c3cc(=O)n4cc(N5CCNCC5)ccc4n3)cc(F)c2n1.Cc1cn2cc(-c3cc(=O)n4cc(N5C[C@@H](C)N[C@@H](C)C5)ccc4n3)cc(F)c2n1. The van der Waals surface area contributed by atoms with Gasteiger partial charge < -0.3 is 72.9 Å². The van der Waals surface area contributed by atoms with Crippen LogP contribution in [0, 0.1) is 73.5 Å². The van der Waals surface area contributed by atoms with Crippen LogP contribution in [-0.2, 0) is 0 Å². The first-order valence-electron chi connectivity index (χ1n) is 48.7. The fraction of sp³-hybridized carbons (Fsp3) is 0.318. The lowest BCUT2D eigenvalue weighted by Crippen LogP contribution is -2.54. The lowest BCUT2D eigenvalue weighted by atomic mass is 10.0. The number of imidazole rings is 3. The zero-order chi connectivity index (χ0) is 100. The number of nitrogens with one attached hydrogen (secondary N) is 3. The Balaban J connectivity index is 0.000000107. The fourth-order valence-corrected chi connectivity index (χ4v) is 21.0. The van der Waals surface area contributed by atoms with Gasteiger partial charge in [0.15, 0.2) is 57.5 Å². The second-order valence-corrected chi connectivity index (χ2v) is 38.7. The van der Waals surface area contributed by atoms with Crippen LogP contribution >= 0.6 is 0 Å². The van der Waals surface area contributed by atoms with Crippen molar-refractivity contribution < 1.29 is 31.4 Å². The number of likely N-dealkylation sites (tertiary alicyclic amines) is 1. The van der Waals surface area contributed by atoms with Gasteiger partial charge in [-0.3, -0.25) is 46.0 Å². The van der Waals surface area contributed by atoms with Crippen molar-refractivity contribution in [3.05, 3.63) is 312 Å². The van der Waals surface area contributed by atoms with Gasteiger partial charge in [-0.1, -0.05) is 0 Å². The number of hydrogen-bond donors (Lipinski definition) is 3. The Morgan fingerprint density at radius 2 is 0.621 bits per heavy atom. The molecule has 0 unspecified atom stereocenters. The average Bonchev–Trinajstić information content (AvgIpc) is 1.76. The average molecular weight is 1970 g/mol. The van der Waals surface area contributed by atoms with Crippen molar-refractivity contribution in [1.29, 1.82) is 0 Å². The minimum absolute atomic E-state index is 0.163. The summed E-state index contributed by atoms with van der Waals surface area (Å²) >= 11 is 0. The van der Waals surface area contributed by atoms with Crippen molar-refractivity contribution in [2.24, 2.45) is 23.7 Å². The molecular weight excluding hydrogens is 1860 g/mol. The Morgan fingerprint density at radius 1 is 0.303 bits per heavy atom. The highest BCUT2D eigenvalue weighted by Gasteiger charge is 2.40. The molecule has 16 aromatic heterocycles. The Morgan fingerprint density at radius 3 is 0.966 bits per heavy atom. The number of fused-ring (bicyclic) bond motifs is 10. The third-order valence-corrected chi connectivity index (χ3v) is 28.2. The summed E-state index contributed by atoms with van der Waals surface area (Å²) in [7, 11) is 7.14. The Hall–Kier alpha value is -15.6. The molecule has 7 aliphatic rings. The zero-order valence-corrected chi connectivity index (χ0v) is 81.6. The molecule has 38 heteroatoms. The van der Waals surface area contributed by atoms with Crippen LogP contribution in [0.2, 0.25) is 0 Å². The summed E-state index contributed by atoms with van der Waals surface area (Å²) in [6.07, 6.45) is 20.8. The molecule has 0 bridgehead atoms. The Bertz CT molecular complexity index is 8350. The van der Waals surface area contributed by atoms with Gasteiger partial charge in [-0.2, -0.15) is 0 Å². The van der Waals surface area contributed by atoms with E-state index in [1.807, 2.05) is 112 Å². The number of ether oxygens (including phenoxy) is 2. The van der Waals surface area contributed by atoms with Gasteiger partial charge in [0.1, 0.15) is 28.2 Å². The number of aromatic nitrogens is 16. The van der Waals surface area contributed by atoms with E-state index in [0.717, 1.165) is 170 Å². The van der Waals surface area contributed by atoms with Crippen LogP contribution in [0.3, 0.4) is 0 Å². The number of likely N-dealkylation sites (N-methyl/N-ethyl adjacent to an activating group) is 1. The molecule has 7 aliphatic heterocycles. The summed E-state index contributed by atoms with van der Waals surface area (Å²) in [4.78, 5) is 116. The molecule has 0 amide bonds. The second kappa shape index (κ2) is 39.9. The molecule has 2 aromatic carbocycles. The summed E-state index contributed by atoms with van der Waals surface area (Å²) in [5.74, 6) is 0.783. The van der Waals surface area contributed by atoms with Crippen molar-refractivity contribution in [3.63, 3.8) is 0 Å². The molecule has 744 valence electrons. The molecule has 3 N–H and O–H groups in total. The minimum Gasteiger partial charge on any atom is -0.494 e. The van der Waals surface area contributed by atoms with Crippen molar-refractivity contribution in [1.82, 2.24) is 101 Å². The van der Waals surface area contributed by atoms with E-state index < -0.39 is 29.1 Å². The number of halogens is 5. The van der Waals surface area contributed by atoms with Gasteiger partial charge in [0.25, 0.3) is 27.8 Å². The summed E-state index contributed by atoms with van der Waals surface area (Å²) < 4.78 is 94.0. The normalized spacial score (nSPS) is 18.6. The first kappa shape index (κ1) is 95.5. The van der Waals surface area contributed by atoms with E-state index in [4.69, 9.17) is 9.47 Å². The molecule has 0 aliphatic carbocycles. The topological polar surface area (TPSA) is 301 Å². The lowest BCUT2D eigenvalue weighted by Gasteiger charge is -2.37. The number of aryl methyl sites for hydroxylation is 3. The number of nitrogens with zero attached hydrogens (tertiary/aromatic N) is 23. The fourth-order valence-electron chi connectivity index (χ4n) is 21.0. The molecule has 33 nitrogen and oxygen atoms in total. The smallest absolute Gasteiger partial charge is 0.258 e. The first-order valence-corrected chi connectivity index (χ1v) is 48.7. The number of methoxy groups -OCH3 is 2. The summed E-state index contributed by atoms with van der Waals surface area (Å²) in [6.45, 7) is 27.5. The maximum absolute atomic E-state index is 14.5. The monoisotopic (exact) mass is 1960 g/mol. The quantitative estimate of drug-likeness (QED) is 0.0957. The predicted molar refractivity (Wildman–Crippen MR) is 550 cm³/mol. The highest BCUT2D eigenvalue weighted by molar-refractivity contribution is 5.71. The van der Waals surface area contributed by atoms with E-state index in [1.54, 1.807) is 86.2 Å². The van der Waals surface area contributed by atoms with E-state index in [-0.39, 0.29) is 56.2 Å². The van der Waals surface area contributed by atoms with E-state index >= 15 is 0 Å². The van der Waals surface area contributed by atoms with Gasteiger partial charge in [0, 0.05) is 250 Å². The van der Waals surface area contributed by atoms with Crippen LogP contribution in [0.1, 0.15) is 37.4 Å². The number of piperazine rings is 2. The number of benzene rings is 2. The molecule has 7 saturated heterocycles. The van der Waals surface area contributed by atoms with Crippen LogP contribution in [0.5, 0.6) is 11.5 Å². The van der Waals surface area contributed by atoms with E-state index in [1.165, 1.54) is 85.4 Å². The largest absolute Gasteiger partial charge is 0.494 e. The van der Waals surface area contributed by atoms with Crippen LogP contribution in [-0.4, -0.2) is 243 Å². The van der Waals surface area contributed by atoms with Crippen molar-refractivity contribution in [2.45, 2.75) is 53.1 Å². The summed E-state index contributed by atoms with van der Waals surface area (Å²) in [5, 5.41) is 10.3. The Labute approximate surface area is 828 Å². The van der Waals surface area contributed by atoms with Crippen LogP contribution < -0.4 is 77.7 Å². The van der Waals surface area contributed by atoms with Gasteiger partial charge in [0.05, 0.1) is 88.2 Å². The third-order valence-electron chi connectivity index (χ3n) is 28.2. The Kier molecular flexibility index (Phi) is 26.3. The molecular formula is C107H109F5N26O7. The molecule has 0 saturated carbocycles. The summed E-state index contributed by atoms with van der Waals surface area (Å²) in [5.41, 5.74) is 14.7. The van der Waals surface area contributed by atoms with E-state index in [0.29, 0.717) is 120 Å². The number of pyridine rings is 8. The maximum Gasteiger partial charge on any atom is 0.258 e. The molecule has 18 aromatic rings. The third kappa shape index (κ3) is 20.0. The molecule has 0 spiro atoms. The highest BCUT2D eigenvalue weighted by atomic mass is 19.1. The predicted octanol–water partition coefficient (Wildman–Crippen LogP) is 11.8. The van der Waals surface area contributed by atoms with Crippen molar-refractivity contribution in [3.8, 4) is 67.8 Å². The first-order chi connectivity index (χ1) is 70.1. The van der Waals surface area contributed by atoms with E-state index in [2.05, 4.69) is 118 Å². The minimum atomic E-state index is -0.480. The van der Waals surface area contributed by atoms with Crippen LogP contribution in [0.25, 0.3) is 101 Å². The molecule has 25 rings (SSSR count). The van der Waals surface area contributed by atoms with Crippen LogP contribution in [0.15, 0.2) is 238 Å². The molecule has 23 heterocycles. The molecule has 0 radical (unpaired) electrons. The zero-order valence-electron chi connectivity index (χ0n) is 81.6.